The molecule has 0 aliphatic carbocycles. The zero-order valence-corrected chi connectivity index (χ0v) is 6.84. The van der Waals surface area contributed by atoms with E-state index in [0.29, 0.717) is 0 Å². The van der Waals surface area contributed by atoms with Gasteiger partial charge in [-0.05, 0) is 17.7 Å². The van der Waals surface area contributed by atoms with E-state index >= 15 is 0 Å². The molecule has 2 rings (SSSR count). The van der Waals surface area contributed by atoms with Crippen LogP contribution in [-0.2, 0) is 11.2 Å². The van der Waals surface area contributed by atoms with E-state index in [4.69, 9.17) is 5.11 Å². The third-order valence-corrected chi connectivity index (χ3v) is 1.83. The van der Waals surface area contributed by atoms with Crippen LogP contribution in [0.2, 0.25) is 0 Å². The topological polar surface area (TPSA) is 54.6 Å². The molecule has 0 radical (unpaired) electrons. The molecule has 4 nitrogen and oxygen atoms in total. The summed E-state index contributed by atoms with van der Waals surface area (Å²) < 4.78 is 1.84. The summed E-state index contributed by atoms with van der Waals surface area (Å²) in [5.41, 5.74) is 1.71. The molecule has 0 saturated heterocycles. The number of pyridine rings is 1. The average molecular weight is 176 g/mol. The Bertz CT molecular complexity index is 448. The minimum Gasteiger partial charge on any atom is -0.481 e. The highest BCUT2D eigenvalue weighted by Gasteiger charge is 2.01. The number of carbonyl (C=O) groups is 1. The molecule has 66 valence electrons. The molecule has 0 saturated carbocycles. The number of carboxylic acids is 1. The van der Waals surface area contributed by atoms with Gasteiger partial charge in [-0.2, -0.15) is 0 Å². The molecule has 0 unspecified atom stereocenters. The van der Waals surface area contributed by atoms with E-state index in [2.05, 4.69) is 4.98 Å². The van der Waals surface area contributed by atoms with E-state index in [9.17, 15) is 4.79 Å². The SMILES string of the molecule is O=C(O)Cc1ccn2cncc2c1. The third-order valence-electron chi connectivity index (χ3n) is 1.83. The summed E-state index contributed by atoms with van der Waals surface area (Å²) in [7, 11) is 0. The van der Waals surface area contributed by atoms with Gasteiger partial charge in [-0.3, -0.25) is 4.79 Å². The van der Waals surface area contributed by atoms with Crippen molar-refractivity contribution in [2.45, 2.75) is 6.42 Å². The standard InChI is InChI=1S/C9H8N2O2/c12-9(13)4-7-1-2-11-6-10-5-8(11)3-7/h1-3,5-6H,4H2,(H,12,13). The Balaban J connectivity index is 2.42. The van der Waals surface area contributed by atoms with Crippen LogP contribution in [0.5, 0.6) is 0 Å². The fraction of sp³-hybridized carbons (Fsp3) is 0.111. The summed E-state index contributed by atoms with van der Waals surface area (Å²) >= 11 is 0. The maximum Gasteiger partial charge on any atom is 0.307 e. The molecule has 0 amide bonds. The van der Waals surface area contributed by atoms with E-state index in [1.807, 2.05) is 10.5 Å². The number of aliphatic carboxylic acids is 1. The Morgan fingerprint density at radius 1 is 1.62 bits per heavy atom. The zero-order valence-electron chi connectivity index (χ0n) is 6.84. The predicted molar refractivity (Wildman–Crippen MR) is 46.5 cm³/mol. The summed E-state index contributed by atoms with van der Waals surface area (Å²) in [5.74, 6) is -0.816. The fourth-order valence-electron chi connectivity index (χ4n) is 1.25. The predicted octanol–water partition coefficient (Wildman–Crippen LogP) is 0.961. The van der Waals surface area contributed by atoms with Crippen LogP contribution in [0.25, 0.3) is 5.52 Å². The van der Waals surface area contributed by atoms with Crippen molar-refractivity contribution in [2.24, 2.45) is 0 Å². The van der Waals surface area contributed by atoms with E-state index in [-0.39, 0.29) is 6.42 Å². The van der Waals surface area contributed by atoms with E-state index in [1.165, 1.54) is 0 Å². The van der Waals surface area contributed by atoms with Crippen LogP contribution in [0.1, 0.15) is 5.56 Å². The number of rotatable bonds is 2. The molecule has 0 aromatic carbocycles. The lowest BCUT2D eigenvalue weighted by Crippen LogP contribution is -2.00. The number of fused-ring (bicyclic) bond motifs is 1. The van der Waals surface area contributed by atoms with Crippen LogP contribution in [0.3, 0.4) is 0 Å². The van der Waals surface area contributed by atoms with Crippen molar-refractivity contribution in [3.05, 3.63) is 36.4 Å². The van der Waals surface area contributed by atoms with Gasteiger partial charge in [0.1, 0.15) is 0 Å². The Morgan fingerprint density at radius 2 is 2.46 bits per heavy atom. The lowest BCUT2D eigenvalue weighted by molar-refractivity contribution is -0.136. The Labute approximate surface area is 74.5 Å². The smallest absolute Gasteiger partial charge is 0.307 e. The molecule has 0 atom stereocenters. The second kappa shape index (κ2) is 2.90. The molecule has 0 aliphatic heterocycles. The lowest BCUT2D eigenvalue weighted by Gasteiger charge is -1.97. The first-order valence-corrected chi connectivity index (χ1v) is 3.88. The second-order valence-corrected chi connectivity index (χ2v) is 2.83. The summed E-state index contributed by atoms with van der Waals surface area (Å²) in [5, 5.41) is 8.57. The van der Waals surface area contributed by atoms with Crippen LogP contribution < -0.4 is 0 Å². The number of imidazole rings is 1. The molecule has 0 bridgehead atoms. The van der Waals surface area contributed by atoms with Crippen molar-refractivity contribution in [3.8, 4) is 0 Å². The molecule has 0 spiro atoms. The summed E-state index contributed by atoms with van der Waals surface area (Å²) in [4.78, 5) is 14.4. The molecule has 13 heavy (non-hydrogen) atoms. The Hall–Kier alpha value is -1.84. The van der Waals surface area contributed by atoms with Gasteiger partial charge in [-0.1, -0.05) is 0 Å². The van der Waals surface area contributed by atoms with Gasteiger partial charge in [0.2, 0.25) is 0 Å². The first-order chi connectivity index (χ1) is 6.25. The van der Waals surface area contributed by atoms with Crippen LogP contribution in [-0.4, -0.2) is 20.5 Å². The average Bonchev–Trinajstić information content (AvgIpc) is 2.49. The first-order valence-electron chi connectivity index (χ1n) is 3.88. The van der Waals surface area contributed by atoms with Crippen molar-refractivity contribution in [2.75, 3.05) is 0 Å². The van der Waals surface area contributed by atoms with Crippen LogP contribution in [0.15, 0.2) is 30.9 Å². The first kappa shape index (κ1) is 7.79. The quantitative estimate of drug-likeness (QED) is 0.741. The minimum absolute atomic E-state index is 0.0572. The molecule has 2 aromatic heterocycles. The van der Waals surface area contributed by atoms with Gasteiger partial charge in [0.05, 0.1) is 24.5 Å². The number of carboxylic acid groups (broad SMARTS) is 1. The van der Waals surface area contributed by atoms with Gasteiger partial charge >= 0.3 is 5.97 Å². The highest BCUT2D eigenvalue weighted by Crippen LogP contribution is 2.06. The third kappa shape index (κ3) is 1.51. The Kier molecular flexibility index (Phi) is 1.73. The summed E-state index contributed by atoms with van der Waals surface area (Å²) in [6.07, 6.45) is 5.24. The lowest BCUT2D eigenvalue weighted by atomic mass is 10.2. The molecule has 0 aliphatic rings. The van der Waals surface area contributed by atoms with Gasteiger partial charge in [0.15, 0.2) is 0 Å². The van der Waals surface area contributed by atoms with Crippen molar-refractivity contribution >= 4 is 11.5 Å². The van der Waals surface area contributed by atoms with Gasteiger partial charge in [0, 0.05) is 6.20 Å². The van der Waals surface area contributed by atoms with Gasteiger partial charge in [-0.25, -0.2) is 4.98 Å². The monoisotopic (exact) mass is 176 g/mol. The van der Waals surface area contributed by atoms with E-state index in [0.717, 1.165) is 11.1 Å². The van der Waals surface area contributed by atoms with Crippen molar-refractivity contribution in [3.63, 3.8) is 0 Å². The van der Waals surface area contributed by atoms with Crippen LogP contribution >= 0.6 is 0 Å². The number of nitrogens with zero attached hydrogens (tertiary/aromatic N) is 2. The largest absolute Gasteiger partial charge is 0.481 e. The second-order valence-electron chi connectivity index (χ2n) is 2.83. The molecular weight excluding hydrogens is 168 g/mol. The van der Waals surface area contributed by atoms with Crippen molar-refractivity contribution in [1.82, 2.24) is 9.38 Å². The molecule has 2 heterocycles. The van der Waals surface area contributed by atoms with E-state index in [1.54, 1.807) is 24.8 Å². The maximum atomic E-state index is 10.4. The summed E-state index contributed by atoms with van der Waals surface area (Å²) in [6, 6.07) is 3.60. The van der Waals surface area contributed by atoms with Crippen molar-refractivity contribution in [1.29, 1.82) is 0 Å². The normalized spacial score (nSPS) is 10.5. The fourth-order valence-corrected chi connectivity index (χ4v) is 1.25. The molecular formula is C9H8N2O2. The van der Waals surface area contributed by atoms with Crippen LogP contribution in [0, 0.1) is 0 Å². The summed E-state index contributed by atoms with van der Waals surface area (Å²) in [6.45, 7) is 0. The molecule has 1 N–H and O–H groups in total. The molecule has 0 fully saturated rings. The number of hydrogen-bond acceptors (Lipinski definition) is 2. The van der Waals surface area contributed by atoms with E-state index < -0.39 is 5.97 Å². The van der Waals surface area contributed by atoms with Gasteiger partial charge in [0.25, 0.3) is 0 Å². The zero-order chi connectivity index (χ0) is 9.26. The van der Waals surface area contributed by atoms with Gasteiger partial charge in [-0.15, -0.1) is 0 Å². The molecule has 4 heteroatoms. The number of aromatic nitrogens is 2. The Morgan fingerprint density at radius 3 is 3.23 bits per heavy atom. The van der Waals surface area contributed by atoms with Crippen molar-refractivity contribution < 1.29 is 9.90 Å². The maximum absolute atomic E-state index is 10.4. The van der Waals surface area contributed by atoms with Gasteiger partial charge < -0.3 is 9.51 Å². The number of hydrogen-bond donors (Lipinski definition) is 1. The molecule has 2 aromatic rings. The minimum atomic E-state index is -0.816. The highest BCUT2D eigenvalue weighted by atomic mass is 16.4. The highest BCUT2D eigenvalue weighted by molar-refractivity contribution is 5.70. The van der Waals surface area contributed by atoms with Crippen LogP contribution in [0.4, 0.5) is 0 Å².